The van der Waals surface area contributed by atoms with E-state index in [-0.39, 0.29) is 19.3 Å². The summed E-state index contributed by atoms with van der Waals surface area (Å²) in [5.74, 6) is -4.10. The average Bonchev–Trinajstić information content (AvgIpc) is 2.56. The molecule has 0 radical (unpaired) electrons. The third-order valence-electron chi connectivity index (χ3n) is 4.74. The van der Waals surface area contributed by atoms with E-state index in [1.807, 2.05) is 0 Å². The first-order chi connectivity index (χ1) is 12.6. The van der Waals surface area contributed by atoms with Crippen LogP contribution < -0.4 is 0 Å². The highest BCUT2D eigenvalue weighted by molar-refractivity contribution is 14.1. The zero-order valence-electron chi connectivity index (χ0n) is 15.7. The maximum atomic E-state index is 14.1. The number of carbonyl (C=O) groups excluding carboxylic acids is 2. The van der Waals surface area contributed by atoms with Gasteiger partial charge in [-0.25, -0.2) is 0 Å². The molecule has 1 fully saturated rings. The molecule has 0 N–H and O–H groups in total. The van der Waals surface area contributed by atoms with Gasteiger partial charge in [-0.15, -0.1) is 0 Å². The first-order valence-electron chi connectivity index (χ1n) is 8.88. The van der Waals surface area contributed by atoms with E-state index < -0.39 is 58.2 Å². The second-order valence-electron chi connectivity index (χ2n) is 7.10. The molecule has 0 amide bonds. The quantitative estimate of drug-likeness (QED) is 0.196. The largest absolute Gasteiger partial charge is 0.453 e. The Morgan fingerprint density at radius 1 is 0.964 bits per heavy atom. The first-order valence-corrected chi connectivity index (χ1v) is 10.1. The fraction of sp³-hybridized carbons (Fsp3) is 0.882. The monoisotopic (exact) mass is 532 g/mol. The lowest BCUT2D eigenvalue weighted by Gasteiger charge is -2.51. The van der Waals surface area contributed by atoms with Crippen LogP contribution in [0.25, 0.3) is 0 Å². The third kappa shape index (κ3) is 4.69. The Morgan fingerprint density at radius 3 is 1.79 bits per heavy atom. The van der Waals surface area contributed by atoms with Crippen LogP contribution >= 0.6 is 22.6 Å². The van der Waals surface area contributed by atoms with Gasteiger partial charge < -0.3 is 9.47 Å². The molecule has 1 saturated carbocycles. The molecule has 0 aromatic carbocycles. The molecule has 0 heterocycles. The smallest absolute Gasteiger partial charge is 0.441 e. The van der Waals surface area contributed by atoms with Crippen LogP contribution in [0.1, 0.15) is 59.3 Å². The van der Waals surface area contributed by atoms with Crippen molar-refractivity contribution in [2.45, 2.75) is 86.8 Å². The lowest BCUT2D eigenvalue weighted by molar-refractivity contribution is -0.416. The highest BCUT2D eigenvalue weighted by Gasteiger charge is 2.84. The van der Waals surface area contributed by atoms with Crippen LogP contribution in [-0.4, -0.2) is 39.4 Å². The molecular formula is C17H23F6IO4. The van der Waals surface area contributed by atoms with E-state index >= 15 is 0 Å². The predicted molar refractivity (Wildman–Crippen MR) is 95.8 cm³/mol. The molecule has 0 saturated heterocycles. The summed E-state index contributed by atoms with van der Waals surface area (Å²) < 4.78 is 92.7. The highest BCUT2D eigenvalue weighted by Crippen LogP contribution is 2.58. The number of ether oxygens (including phenoxy) is 2. The Hall–Kier alpha value is -0.750. The number of carbonyl (C=O) groups is 2. The predicted octanol–water partition coefficient (Wildman–Crippen LogP) is 5.51. The zero-order valence-corrected chi connectivity index (χ0v) is 17.8. The van der Waals surface area contributed by atoms with Crippen LogP contribution in [0.15, 0.2) is 0 Å². The maximum Gasteiger partial charge on any atom is 0.441 e. The summed E-state index contributed by atoms with van der Waals surface area (Å²) in [6.07, 6.45) is -13.0. The molecule has 0 bridgehead atoms. The van der Waals surface area contributed by atoms with E-state index in [1.165, 1.54) is 0 Å². The van der Waals surface area contributed by atoms with E-state index in [9.17, 15) is 35.9 Å². The van der Waals surface area contributed by atoms with Gasteiger partial charge in [-0.3, -0.25) is 9.59 Å². The summed E-state index contributed by atoms with van der Waals surface area (Å²) in [6.45, 7) is 3.79. The minimum atomic E-state index is -6.04. The minimum Gasteiger partial charge on any atom is -0.453 e. The van der Waals surface area contributed by atoms with Crippen LogP contribution in [0.4, 0.5) is 26.3 Å². The third-order valence-corrected chi connectivity index (χ3v) is 6.13. The van der Waals surface area contributed by atoms with Crippen molar-refractivity contribution in [3.05, 3.63) is 0 Å². The van der Waals surface area contributed by atoms with Crippen molar-refractivity contribution in [1.82, 2.24) is 0 Å². The Bertz CT molecular complexity index is 553. The van der Waals surface area contributed by atoms with Crippen LogP contribution in [0.2, 0.25) is 0 Å². The molecule has 1 atom stereocenters. The van der Waals surface area contributed by atoms with Gasteiger partial charge in [0, 0.05) is 0 Å². The molecule has 0 aliphatic heterocycles. The van der Waals surface area contributed by atoms with Crippen molar-refractivity contribution in [3.63, 3.8) is 0 Å². The van der Waals surface area contributed by atoms with Gasteiger partial charge in [0.05, 0.1) is 5.92 Å². The van der Waals surface area contributed by atoms with Gasteiger partial charge in [0.15, 0.2) is 5.60 Å². The molecular weight excluding hydrogens is 509 g/mol. The van der Waals surface area contributed by atoms with Gasteiger partial charge >= 0.3 is 29.9 Å². The number of hydrogen-bond donors (Lipinski definition) is 0. The Balaban J connectivity index is 3.71. The summed E-state index contributed by atoms with van der Waals surface area (Å²) in [6, 6.07) is 0. The van der Waals surface area contributed by atoms with Crippen molar-refractivity contribution < 1.29 is 45.4 Å². The average molecular weight is 532 g/mol. The lowest BCUT2D eigenvalue weighted by atomic mass is 9.71. The van der Waals surface area contributed by atoms with Gasteiger partial charge in [0.1, 0.15) is 3.92 Å². The Morgan fingerprint density at radius 2 is 1.43 bits per heavy atom. The second kappa shape index (κ2) is 8.95. The van der Waals surface area contributed by atoms with Gasteiger partial charge in [-0.05, 0) is 32.1 Å². The van der Waals surface area contributed by atoms with Crippen LogP contribution in [-0.2, 0) is 19.1 Å². The Kier molecular flexibility index (Phi) is 8.08. The van der Waals surface area contributed by atoms with E-state index in [1.54, 1.807) is 29.5 Å². The molecule has 11 heteroatoms. The van der Waals surface area contributed by atoms with Crippen molar-refractivity contribution >= 4 is 34.5 Å². The maximum absolute atomic E-state index is 14.1. The topological polar surface area (TPSA) is 52.6 Å². The molecule has 28 heavy (non-hydrogen) atoms. The van der Waals surface area contributed by atoms with E-state index in [0.717, 1.165) is 13.8 Å². The molecule has 0 aromatic heterocycles. The van der Waals surface area contributed by atoms with Gasteiger partial charge in [0.25, 0.3) is 0 Å². The molecule has 4 nitrogen and oxygen atoms in total. The van der Waals surface area contributed by atoms with Crippen molar-refractivity contribution in [2.75, 3.05) is 0 Å². The van der Waals surface area contributed by atoms with E-state index in [2.05, 4.69) is 4.74 Å². The van der Waals surface area contributed by atoms with Crippen LogP contribution in [0, 0.1) is 5.92 Å². The van der Waals surface area contributed by atoms with Gasteiger partial charge in [-0.1, -0.05) is 49.8 Å². The Labute approximate surface area is 172 Å². The second-order valence-corrected chi connectivity index (χ2v) is 8.61. The summed E-state index contributed by atoms with van der Waals surface area (Å²) in [7, 11) is 0. The van der Waals surface area contributed by atoms with Crippen LogP contribution in [0.3, 0.4) is 0 Å². The standard InChI is InChI=1S/C17H23F6IO4/c1-4-11(24)13(26)27-14(8-6-5-7-9-14)15(16(18,19)20,17(21,22)23)28-12(25)10(2)3/h10-11H,4-9H2,1-3H3. The van der Waals surface area contributed by atoms with Gasteiger partial charge in [-0.2, -0.15) is 26.3 Å². The molecule has 1 rings (SSSR count). The highest BCUT2D eigenvalue weighted by atomic mass is 127. The molecule has 1 aliphatic rings. The number of hydrogen-bond acceptors (Lipinski definition) is 4. The first kappa shape index (κ1) is 25.3. The fourth-order valence-electron chi connectivity index (χ4n) is 3.23. The van der Waals surface area contributed by atoms with Crippen molar-refractivity contribution in [1.29, 1.82) is 0 Å². The fourth-order valence-corrected chi connectivity index (χ4v) is 3.35. The molecule has 164 valence electrons. The number of alkyl halides is 7. The number of esters is 2. The zero-order chi connectivity index (χ0) is 22.0. The summed E-state index contributed by atoms with van der Waals surface area (Å²) >= 11 is 1.60. The molecule has 0 spiro atoms. The summed E-state index contributed by atoms with van der Waals surface area (Å²) in [5.41, 5.74) is -8.00. The van der Waals surface area contributed by atoms with E-state index in [0.29, 0.717) is 6.42 Å². The molecule has 1 unspecified atom stereocenters. The molecule has 0 aromatic rings. The minimum absolute atomic E-state index is 0.0293. The summed E-state index contributed by atoms with van der Waals surface area (Å²) in [4.78, 5) is 24.2. The number of halogens is 7. The lowest BCUT2D eigenvalue weighted by Crippen LogP contribution is -2.74. The normalized spacial score (nSPS) is 19.2. The number of rotatable bonds is 6. The summed E-state index contributed by atoms with van der Waals surface area (Å²) in [5, 5.41) is 0. The van der Waals surface area contributed by atoms with Crippen LogP contribution in [0.5, 0.6) is 0 Å². The van der Waals surface area contributed by atoms with Gasteiger partial charge in [0.2, 0.25) is 0 Å². The van der Waals surface area contributed by atoms with Crippen molar-refractivity contribution in [3.8, 4) is 0 Å². The van der Waals surface area contributed by atoms with Crippen molar-refractivity contribution in [2.24, 2.45) is 5.92 Å². The van der Waals surface area contributed by atoms with E-state index in [4.69, 9.17) is 4.74 Å². The SMILES string of the molecule is CCC(I)C(=O)OC1(C(OC(=O)C(C)C)(C(F)(F)F)C(F)(F)F)CCCCC1. The molecule has 1 aliphatic carbocycles.